The van der Waals surface area contributed by atoms with Crippen LogP contribution >= 0.6 is 34.5 Å². The Morgan fingerprint density at radius 2 is 1.12 bits per heavy atom. The second-order valence-corrected chi connectivity index (χ2v) is 9.34. The van der Waals surface area contributed by atoms with Gasteiger partial charge in [0.1, 0.15) is 0 Å². The van der Waals surface area contributed by atoms with Crippen LogP contribution < -0.4 is 5.32 Å². The SMILES string of the molecule is O=C(Nc1nc(-c2ccc(Cl)cc2Cl)cs1)C(F)(F)C(F)(F)C(F)(F)C(F)(F)C(F)(F)C(F)(F)C(F)(F)C(F)(F)F. The van der Waals surface area contributed by atoms with Gasteiger partial charge in [0.05, 0.1) is 10.7 Å². The molecule has 1 N–H and O–H groups in total. The van der Waals surface area contributed by atoms with Crippen LogP contribution in [0.5, 0.6) is 0 Å². The number of benzene rings is 1. The first-order valence-corrected chi connectivity index (χ1v) is 11.1. The highest BCUT2D eigenvalue weighted by Crippen LogP contribution is 2.64. The Bertz CT molecular complexity index is 1310. The summed E-state index contributed by atoms with van der Waals surface area (Å²) < 4.78 is 227. The molecule has 2 rings (SSSR count). The number of rotatable bonds is 9. The first kappa shape index (κ1) is 34.9. The molecule has 0 aliphatic heterocycles. The normalized spacial score (nSPS) is 14.8. The van der Waals surface area contributed by atoms with E-state index in [0.717, 1.165) is 22.8 Å². The topological polar surface area (TPSA) is 42.0 Å². The predicted molar refractivity (Wildman–Crippen MR) is 107 cm³/mol. The second-order valence-electron chi connectivity index (χ2n) is 7.63. The number of hydrogen-bond acceptors (Lipinski definition) is 3. The van der Waals surface area contributed by atoms with Crippen molar-refractivity contribution in [2.24, 2.45) is 0 Å². The lowest BCUT2D eigenvalue weighted by atomic mass is 9.89. The lowest BCUT2D eigenvalue weighted by molar-refractivity contribution is -0.459. The van der Waals surface area contributed by atoms with E-state index >= 15 is 0 Å². The van der Waals surface area contributed by atoms with Crippen molar-refractivity contribution in [2.45, 2.75) is 47.6 Å². The molecule has 0 fully saturated rings. The molecule has 1 aromatic carbocycles. The third-order valence-corrected chi connectivity index (χ3v) is 6.24. The van der Waals surface area contributed by atoms with Gasteiger partial charge in [-0.25, -0.2) is 4.98 Å². The molecule has 1 heterocycles. The third kappa shape index (κ3) is 5.14. The zero-order chi connectivity index (χ0) is 32.4. The Labute approximate surface area is 228 Å². The van der Waals surface area contributed by atoms with Crippen LogP contribution in [0.15, 0.2) is 23.6 Å². The monoisotopic (exact) mass is 690 g/mol. The molecule has 0 radical (unpaired) electrons. The standard InChI is InChI=1S/C18H5Cl2F17N2OS/c19-5-1-2-6(7(20)3-5)8-4-41-10(38-8)39-9(40)11(21,22)12(23,24)13(25,26)14(27,28)15(29,30)16(31,32)17(33,34)18(35,36)37/h1-4H,(H,38,39,40). The van der Waals surface area contributed by atoms with Crippen LogP contribution in [0.4, 0.5) is 79.8 Å². The molecular formula is C18H5Cl2F17N2OS. The Hall–Kier alpha value is -2.29. The number of amides is 1. The average Bonchev–Trinajstić information content (AvgIpc) is 3.25. The van der Waals surface area contributed by atoms with Gasteiger partial charge in [0.2, 0.25) is 0 Å². The van der Waals surface area contributed by atoms with Crippen molar-refractivity contribution < 1.29 is 79.4 Å². The number of carbonyl (C=O) groups is 1. The van der Waals surface area contributed by atoms with E-state index in [1.165, 1.54) is 6.07 Å². The van der Waals surface area contributed by atoms with Crippen molar-refractivity contribution >= 4 is 45.6 Å². The van der Waals surface area contributed by atoms with Gasteiger partial charge in [-0.1, -0.05) is 23.2 Å². The van der Waals surface area contributed by atoms with Gasteiger partial charge in [0, 0.05) is 16.0 Å². The van der Waals surface area contributed by atoms with E-state index in [2.05, 4.69) is 4.98 Å². The summed E-state index contributed by atoms with van der Waals surface area (Å²) in [6.45, 7) is 0. The van der Waals surface area contributed by atoms with Gasteiger partial charge in [0.25, 0.3) is 0 Å². The maximum atomic E-state index is 14.1. The van der Waals surface area contributed by atoms with E-state index in [1.54, 1.807) is 0 Å². The number of nitrogens with zero attached hydrogens (tertiary/aromatic N) is 1. The number of nitrogens with one attached hydrogen (secondary N) is 1. The van der Waals surface area contributed by atoms with Crippen LogP contribution in [0, 0.1) is 0 Å². The number of thiazole rings is 1. The van der Waals surface area contributed by atoms with Crippen molar-refractivity contribution in [1.82, 2.24) is 4.98 Å². The molecule has 1 amide bonds. The summed E-state index contributed by atoms with van der Waals surface area (Å²) in [4.78, 5) is 15.0. The minimum atomic E-state index is -8.79. The molecule has 1 aromatic heterocycles. The lowest BCUT2D eigenvalue weighted by Crippen LogP contribution is -2.75. The molecule has 2 aromatic rings. The van der Waals surface area contributed by atoms with Gasteiger partial charge in [-0.15, -0.1) is 11.3 Å². The molecule has 0 saturated carbocycles. The molecular weight excluding hydrogens is 686 g/mol. The first-order valence-electron chi connectivity index (χ1n) is 9.46. The fraction of sp³-hybridized carbons (Fsp3) is 0.444. The van der Waals surface area contributed by atoms with Crippen molar-refractivity contribution in [3.8, 4) is 11.3 Å². The van der Waals surface area contributed by atoms with E-state index in [-0.39, 0.29) is 32.6 Å². The van der Waals surface area contributed by atoms with Gasteiger partial charge in [0.15, 0.2) is 5.13 Å². The number of anilines is 1. The van der Waals surface area contributed by atoms with Crippen molar-refractivity contribution in [2.75, 3.05) is 5.32 Å². The number of aromatic nitrogens is 1. The molecule has 41 heavy (non-hydrogen) atoms. The summed E-state index contributed by atoms with van der Waals surface area (Å²) in [7, 11) is 0. The van der Waals surface area contributed by atoms with Crippen LogP contribution in [0.3, 0.4) is 0 Å². The first-order chi connectivity index (χ1) is 18.0. The van der Waals surface area contributed by atoms with Gasteiger partial charge in [-0.3, -0.25) is 10.1 Å². The summed E-state index contributed by atoms with van der Waals surface area (Å²) in [5, 5.41) is 0.313. The molecule has 0 aliphatic rings. The lowest BCUT2D eigenvalue weighted by Gasteiger charge is -2.42. The van der Waals surface area contributed by atoms with E-state index in [0.29, 0.717) is 0 Å². The van der Waals surface area contributed by atoms with Gasteiger partial charge >= 0.3 is 53.5 Å². The highest BCUT2D eigenvalue weighted by molar-refractivity contribution is 7.14. The largest absolute Gasteiger partial charge is 0.460 e. The third-order valence-electron chi connectivity index (χ3n) is 4.94. The Kier molecular flexibility index (Phi) is 8.65. The molecule has 0 unspecified atom stereocenters. The quantitative estimate of drug-likeness (QED) is 0.267. The predicted octanol–water partition coefficient (Wildman–Crippen LogP) is 9.06. The Morgan fingerprint density at radius 3 is 1.56 bits per heavy atom. The fourth-order valence-corrected chi connectivity index (χ4v) is 3.85. The van der Waals surface area contributed by atoms with Crippen LogP contribution in [0.2, 0.25) is 10.0 Å². The minimum absolute atomic E-state index is 0.0603. The van der Waals surface area contributed by atoms with Crippen LogP contribution in [-0.2, 0) is 4.79 Å². The Morgan fingerprint density at radius 1 is 0.683 bits per heavy atom. The minimum Gasteiger partial charge on any atom is -0.296 e. The van der Waals surface area contributed by atoms with Crippen LogP contribution in [0.25, 0.3) is 11.3 Å². The van der Waals surface area contributed by atoms with Gasteiger partial charge in [-0.05, 0) is 18.2 Å². The summed E-state index contributed by atoms with van der Waals surface area (Å²) in [5.74, 6) is -62.2. The molecule has 0 aliphatic carbocycles. The van der Waals surface area contributed by atoms with Crippen molar-refractivity contribution in [3.63, 3.8) is 0 Å². The molecule has 3 nitrogen and oxygen atoms in total. The van der Waals surface area contributed by atoms with Crippen molar-refractivity contribution in [3.05, 3.63) is 33.6 Å². The molecule has 0 atom stereocenters. The average molecular weight is 691 g/mol. The molecule has 0 spiro atoms. The zero-order valence-electron chi connectivity index (χ0n) is 18.3. The van der Waals surface area contributed by atoms with E-state index in [1.807, 2.05) is 0 Å². The van der Waals surface area contributed by atoms with Crippen molar-refractivity contribution in [1.29, 1.82) is 0 Å². The van der Waals surface area contributed by atoms with E-state index < -0.39 is 58.7 Å². The number of halogens is 19. The number of alkyl halides is 17. The highest BCUT2D eigenvalue weighted by Gasteiger charge is 2.95. The summed E-state index contributed by atoms with van der Waals surface area (Å²) in [5.41, 5.74) is -0.388. The van der Waals surface area contributed by atoms with E-state index in [4.69, 9.17) is 23.2 Å². The van der Waals surface area contributed by atoms with Crippen LogP contribution in [0.1, 0.15) is 0 Å². The molecule has 0 saturated heterocycles. The zero-order valence-corrected chi connectivity index (χ0v) is 20.6. The molecule has 0 bridgehead atoms. The fourth-order valence-electron chi connectivity index (χ4n) is 2.63. The Balaban J connectivity index is 2.47. The van der Waals surface area contributed by atoms with E-state index in [9.17, 15) is 79.4 Å². The van der Waals surface area contributed by atoms with Gasteiger partial charge < -0.3 is 0 Å². The number of carbonyl (C=O) groups excluding carboxylic acids is 1. The maximum absolute atomic E-state index is 14.1. The highest BCUT2D eigenvalue weighted by atomic mass is 35.5. The number of hydrogen-bond donors (Lipinski definition) is 1. The summed E-state index contributed by atoms with van der Waals surface area (Å²) in [6, 6.07) is 3.45. The second kappa shape index (κ2) is 10.2. The smallest absolute Gasteiger partial charge is 0.296 e. The van der Waals surface area contributed by atoms with Gasteiger partial charge in [-0.2, -0.15) is 74.6 Å². The molecule has 23 heteroatoms. The maximum Gasteiger partial charge on any atom is 0.460 e. The van der Waals surface area contributed by atoms with Crippen LogP contribution in [-0.4, -0.2) is 58.5 Å². The summed E-state index contributed by atoms with van der Waals surface area (Å²) >= 11 is 11.5. The summed E-state index contributed by atoms with van der Waals surface area (Å²) in [6.07, 6.45) is -7.86. The molecule has 232 valence electrons.